The third kappa shape index (κ3) is 13.3. The first-order valence-electron chi connectivity index (χ1n) is 28.5. The minimum absolute atomic E-state index is 0. The summed E-state index contributed by atoms with van der Waals surface area (Å²) in [5.41, 5.74) is 8.55. The van der Waals surface area contributed by atoms with Crippen LogP contribution < -0.4 is 25.4 Å². The average molecular weight is 1360 g/mol. The number of unbranched alkanes of at least 4 members (excludes halogenated alkanes) is 1. The molecule has 0 bridgehead atoms. The molecule has 0 saturated carbocycles. The fourth-order valence-corrected chi connectivity index (χ4v) is 13.1. The smallest absolute Gasteiger partial charge is 0.358 e. The summed E-state index contributed by atoms with van der Waals surface area (Å²) < 4.78 is 43.1. The van der Waals surface area contributed by atoms with Crippen LogP contribution in [0, 0.1) is 17.7 Å². The van der Waals surface area contributed by atoms with E-state index in [4.69, 9.17) is 9.47 Å². The van der Waals surface area contributed by atoms with Gasteiger partial charge in [0.25, 0.3) is 0 Å². The molecule has 3 atom stereocenters. The van der Waals surface area contributed by atoms with Gasteiger partial charge in [0.05, 0.1) is 34.2 Å². The van der Waals surface area contributed by atoms with Crippen LogP contribution in [0.5, 0.6) is 11.5 Å². The van der Waals surface area contributed by atoms with Gasteiger partial charge in [0.15, 0.2) is 17.2 Å². The maximum Gasteiger partial charge on any atom is 0.358 e. The number of carboxylic acid groups (broad SMARTS) is 1. The number of amides is 3. The number of hydrogen-bond donors (Lipinski definition) is 4. The molecule has 4 N–H and O–H groups in total. The molecule has 1 radical (unpaired) electrons. The fraction of sp³-hybridized carbons (Fsp3) is 0.188. The van der Waals surface area contributed by atoms with Crippen LogP contribution in [-0.2, 0) is 38.1 Å². The van der Waals surface area contributed by atoms with Crippen molar-refractivity contribution in [3.05, 3.63) is 228 Å². The van der Waals surface area contributed by atoms with Crippen molar-refractivity contribution in [2.24, 2.45) is 0 Å². The van der Waals surface area contributed by atoms with Gasteiger partial charge in [0.1, 0.15) is 19.0 Å². The molecule has 3 amide bonds. The predicted octanol–water partition coefficient (Wildman–Crippen LogP) is 13.8. The molecule has 0 aliphatic carbocycles. The van der Waals surface area contributed by atoms with Crippen molar-refractivity contribution in [2.75, 3.05) is 12.3 Å². The first-order chi connectivity index (χ1) is 42.0. The zero-order valence-corrected chi connectivity index (χ0v) is 50.1. The first kappa shape index (κ1) is 59.5. The number of ether oxygens (including phenoxy) is 2. The summed E-state index contributed by atoms with van der Waals surface area (Å²) in [7, 11) is 0. The average Bonchev–Trinajstić information content (AvgIpc) is 2.40. The molecule has 2 saturated heterocycles. The van der Waals surface area contributed by atoms with E-state index < -0.39 is 17.6 Å². The van der Waals surface area contributed by atoms with E-state index in [-0.39, 0.29) is 86.6 Å². The van der Waals surface area contributed by atoms with Crippen molar-refractivity contribution < 1.29 is 62.6 Å². The van der Waals surface area contributed by atoms with Gasteiger partial charge >= 0.3 is 12.0 Å². The van der Waals surface area contributed by atoms with E-state index in [0.29, 0.717) is 47.2 Å². The second-order valence-electron chi connectivity index (χ2n) is 21.2. The monoisotopic (exact) mass is 1360 g/mol. The minimum Gasteiger partial charge on any atom is -0.489 e. The Morgan fingerprint density at radius 3 is 1.90 bits per heavy atom. The van der Waals surface area contributed by atoms with Crippen molar-refractivity contribution in [1.29, 1.82) is 0 Å². The molecule has 3 unspecified atom stereocenters. The third-order valence-corrected chi connectivity index (χ3v) is 17.0. The van der Waals surface area contributed by atoms with Crippen LogP contribution in [0.4, 0.5) is 13.6 Å². The van der Waals surface area contributed by atoms with E-state index in [1.165, 1.54) is 6.20 Å². The molecule has 13 rings (SSSR count). The van der Waals surface area contributed by atoms with Crippen molar-refractivity contribution in [3.63, 3.8) is 0 Å². The normalized spacial score (nSPS) is 15.1. The van der Waals surface area contributed by atoms with E-state index in [2.05, 4.69) is 156 Å². The summed E-state index contributed by atoms with van der Waals surface area (Å²) in [5.74, 6) is -1.23. The third-order valence-electron chi connectivity index (χ3n) is 15.5. The summed E-state index contributed by atoms with van der Waals surface area (Å²) in [5, 5.41) is 23.7. The van der Waals surface area contributed by atoms with Crippen molar-refractivity contribution in [2.45, 2.75) is 69.1 Å². The molecule has 7 aromatic carbocycles. The number of para-hydroxylation sites is 4. The molecule has 2 aliphatic heterocycles. The van der Waals surface area contributed by atoms with Crippen LogP contribution in [0.3, 0.4) is 0 Å². The van der Waals surface area contributed by atoms with Gasteiger partial charge < -0.3 is 44.6 Å². The summed E-state index contributed by atoms with van der Waals surface area (Å²) in [4.78, 5) is 58.4. The van der Waals surface area contributed by atoms with E-state index in [9.17, 15) is 33.1 Å². The van der Waals surface area contributed by atoms with Crippen LogP contribution in [-0.4, -0.2) is 77.5 Å². The number of benzene rings is 7. The molecule has 14 nitrogen and oxygen atoms in total. The molecule has 6 heterocycles. The Bertz CT molecular complexity index is 4110. The Balaban J connectivity index is 0.000000458. The number of carbonyl (C=O) groups is 4. The number of thioether (sulfide) groups is 1. The van der Waals surface area contributed by atoms with Gasteiger partial charge in [-0.2, -0.15) is 11.8 Å². The number of nitrogens with one attached hydrogen (secondary N) is 3. The van der Waals surface area contributed by atoms with Crippen molar-refractivity contribution in [1.82, 2.24) is 35.1 Å². The maximum atomic E-state index is 14.0. The molecular formula is C69H58F2IrN7O7S-. The number of nitrogens with zero attached hydrogens (tertiary/aromatic N) is 4. The molecule has 87 heavy (non-hydrogen) atoms. The van der Waals surface area contributed by atoms with Gasteiger partial charge in [-0.15, -0.1) is 12.1 Å². The number of carboxylic acids is 1. The van der Waals surface area contributed by atoms with Crippen LogP contribution >= 0.6 is 11.8 Å². The Morgan fingerprint density at radius 2 is 1.28 bits per heavy atom. The van der Waals surface area contributed by atoms with Crippen molar-refractivity contribution in [3.8, 4) is 34.1 Å². The zero-order valence-electron chi connectivity index (χ0n) is 46.9. The van der Waals surface area contributed by atoms with Crippen LogP contribution in [0.2, 0.25) is 0 Å². The van der Waals surface area contributed by atoms with E-state index in [0.717, 1.165) is 97.7 Å². The second kappa shape index (κ2) is 27.0. The Labute approximate surface area is 517 Å². The molecule has 2 aliphatic rings. The standard InChI is InChI=1S/C58H52N6O7S.C11H6F2N.Ir/c65-51(21-11-25-59-54(66)24-10-9-23-53-55-46(35-72-53)61-58(69)62-55)38-27-36(34-71-52-22-12-26-60-56(52)57(67)68)30-41(31-38)70-33-37-28-39(63-47-17-5-1-13-42(47)43-14-2-6-18-48(43)63)32-40(29-37)64-49-19-7-3-15-44(49)45-16-4-8-20-50(45)64;12-8-4-5-9(10(13)7-8)11-3-1-2-6-14-11;/h1-8,12-20,22,26-32,46,53,55H,9-11,21,23-25,33-35H2,(H,59,66)(H,67,68)(H2,61,62,69);1-4,6-7H;/q;-1;. The Morgan fingerprint density at radius 1 is 0.667 bits per heavy atom. The largest absolute Gasteiger partial charge is 0.489 e. The number of fused-ring (bicyclic) bond motifs is 7. The summed E-state index contributed by atoms with van der Waals surface area (Å²) in [6.07, 6.45) is 6.54. The Hall–Kier alpha value is -9.22. The molecular weight excluding hydrogens is 1300 g/mol. The van der Waals surface area contributed by atoms with Crippen LogP contribution in [0.25, 0.3) is 66.2 Å². The second-order valence-corrected chi connectivity index (χ2v) is 22.5. The van der Waals surface area contributed by atoms with Gasteiger partial charge in [0.2, 0.25) is 5.91 Å². The van der Waals surface area contributed by atoms with Crippen LogP contribution in [0.15, 0.2) is 188 Å². The summed E-state index contributed by atoms with van der Waals surface area (Å²) in [6, 6.07) is 58.5. The summed E-state index contributed by atoms with van der Waals surface area (Å²) >= 11 is 1.87. The fourth-order valence-electron chi connectivity index (χ4n) is 11.5. The maximum absolute atomic E-state index is 14.0. The molecule has 11 aromatic rings. The van der Waals surface area contributed by atoms with Gasteiger partial charge in [-0.1, -0.05) is 103 Å². The molecule has 18 heteroatoms. The number of hydrogen-bond acceptors (Lipinski definition) is 9. The van der Waals surface area contributed by atoms with Gasteiger partial charge in [-0.3, -0.25) is 18.4 Å². The number of aromatic nitrogens is 4. The number of ketones is 1. The van der Waals surface area contributed by atoms with E-state index >= 15 is 0 Å². The minimum atomic E-state index is -1.21. The molecule has 2 fully saturated rings. The molecule has 0 spiro atoms. The van der Waals surface area contributed by atoms with E-state index in [1.54, 1.807) is 48.7 Å². The zero-order chi connectivity index (χ0) is 59.1. The van der Waals surface area contributed by atoms with E-state index in [1.807, 2.05) is 17.8 Å². The topological polar surface area (TPSA) is 179 Å². The SMILES string of the molecule is Fc1c[c-]c(-c2ccccn2)c(F)c1.O=C(CCCCC1SCC2NC(=O)NC21)NCCCC(=O)c1cc(COc2cccnc2C(=O)O)cc(OCc2cc(-n3c4ccccc4c4ccccc43)cc(-n3c4ccccc4c4ccccc43)c2)c1.[Ir]. The van der Waals surface area contributed by atoms with Gasteiger partial charge in [-0.05, 0) is 115 Å². The summed E-state index contributed by atoms with van der Waals surface area (Å²) in [6.45, 7) is 0.457. The molecule has 4 aromatic heterocycles. The number of Topliss-reactive ketones (excluding diaryl/α,β-unsaturated/α-hetero) is 1. The Kier molecular flexibility index (Phi) is 18.5. The first-order valence-corrected chi connectivity index (χ1v) is 29.5. The van der Waals surface area contributed by atoms with Crippen LogP contribution in [0.1, 0.15) is 70.5 Å². The predicted molar refractivity (Wildman–Crippen MR) is 330 cm³/mol. The number of rotatable bonds is 20. The van der Waals surface area contributed by atoms with Gasteiger partial charge in [-0.25, -0.2) is 14.6 Å². The van der Waals surface area contributed by atoms with Gasteiger partial charge in [0, 0.05) is 113 Å². The number of aromatic carboxylic acids is 1. The number of carbonyl (C=O) groups excluding carboxylic acids is 3. The number of pyridine rings is 2. The number of urea groups is 1. The molecule has 441 valence electrons. The van der Waals surface area contributed by atoms with Crippen molar-refractivity contribution >= 4 is 79.1 Å². The quantitative estimate of drug-likeness (QED) is 0.0248. The number of halogens is 2.